The van der Waals surface area contributed by atoms with Crippen LogP contribution in [0.25, 0.3) is 0 Å². The molecule has 1 rings (SSSR count). The number of halogens is 3. The fraction of sp³-hybridized carbons (Fsp3) is 0.273. The second kappa shape index (κ2) is 6.54. The summed E-state index contributed by atoms with van der Waals surface area (Å²) in [5.41, 5.74) is 2.59. The van der Waals surface area contributed by atoms with E-state index in [4.69, 9.17) is 23.2 Å². The molecule has 0 aromatic heterocycles. The summed E-state index contributed by atoms with van der Waals surface area (Å²) < 4.78 is 1.08. The van der Waals surface area contributed by atoms with Crippen LogP contribution in [0.4, 0.5) is 0 Å². The molecule has 1 atom stereocenters. The molecule has 0 fully saturated rings. The summed E-state index contributed by atoms with van der Waals surface area (Å²) in [6.07, 6.45) is 0. The predicted molar refractivity (Wildman–Crippen MR) is 70.3 cm³/mol. The SMILES string of the molecule is C[C@@H](NC/C(Cl)=C/Cl)c1cccc(Br)c1. The number of nitrogens with one attached hydrogen (secondary N) is 1. The lowest BCUT2D eigenvalue weighted by Crippen LogP contribution is -2.19. The monoisotopic (exact) mass is 307 g/mol. The third-order valence-electron chi connectivity index (χ3n) is 2.04. The van der Waals surface area contributed by atoms with Gasteiger partial charge in [0.05, 0.1) is 0 Å². The van der Waals surface area contributed by atoms with Gasteiger partial charge in [-0.2, -0.15) is 0 Å². The molecular weight excluding hydrogens is 297 g/mol. The minimum absolute atomic E-state index is 0.243. The predicted octanol–water partition coefficient (Wildman–Crippen LogP) is 4.42. The van der Waals surface area contributed by atoms with Crippen LogP contribution in [0.2, 0.25) is 0 Å². The van der Waals surface area contributed by atoms with Crippen LogP contribution in [0.3, 0.4) is 0 Å². The molecule has 4 heteroatoms. The molecule has 0 spiro atoms. The zero-order valence-corrected chi connectivity index (χ0v) is 11.4. The van der Waals surface area contributed by atoms with Crippen LogP contribution in [0.5, 0.6) is 0 Å². The van der Waals surface area contributed by atoms with E-state index in [1.807, 2.05) is 12.1 Å². The van der Waals surface area contributed by atoms with E-state index in [1.54, 1.807) is 0 Å². The molecule has 15 heavy (non-hydrogen) atoms. The highest BCUT2D eigenvalue weighted by molar-refractivity contribution is 9.10. The maximum absolute atomic E-state index is 5.79. The number of benzene rings is 1. The Hall–Kier alpha value is -0.0200. The van der Waals surface area contributed by atoms with Crippen LogP contribution in [-0.4, -0.2) is 6.54 Å². The van der Waals surface area contributed by atoms with Crippen molar-refractivity contribution in [2.24, 2.45) is 0 Å². The summed E-state index contributed by atoms with van der Waals surface area (Å²) in [6, 6.07) is 8.41. The average Bonchev–Trinajstić information content (AvgIpc) is 2.25. The summed E-state index contributed by atoms with van der Waals surface area (Å²) >= 11 is 14.7. The van der Waals surface area contributed by atoms with Crippen LogP contribution in [0.1, 0.15) is 18.5 Å². The van der Waals surface area contributed by atoms with E-state index >= 15 is 0 Å². The van der Waals surface area contributed by atoms with Gasteiger partial charge >= 0.3 is 0 Å². The Labute approximate surface area is 109 Å². The van der Waals surface area contributed by atoms with Crippen molar-refractivity contribution in [2.45, 2.75) is 13.0 Å². The van der Waals surface area contributed by atoms with Gasteiger partial charge in [0, 0.05) is 27.6 Å². The third-order valence-corrected chi connectivity index (χ3v) is 3.16. The quantitative estimate of drug-likeness (QED) is 0.868. The van der Waals surface area contributed by atoms with Gasteiger partial charge in [-0.05, 0) is 24.6 Å². The summed E-state index contributed by atoms with van der Waals surface area (Å²) in [5, 5.41) is 3.88. The number of hydrogen-bond acceptors (Lipinski definition) is 1. The van der Waals surface area contributed by atoms with E-state index in [9.17, 15) is 0 Å². The standard InChI is InChI=1S/C11H12BrCl2N/c1-8(15-7-11(14)6-13)9-3-2-4-10(12)5-9/h2-6,8,15H,7H2,1H3/b11-6-/t8-/m1/s1. The minimum atomic E-state index is 0.243. The van der Waals surface area contributed by atoms with E-state index in [0.29, 0.717) is 11.6 Å². The Kier molecular flexibility index (Phi) is 5.69. The highest BCUT2D eigenvalue weighted by atomic mass is 79.9. The topological polar surface area (TPSA) is 12.0 Å². The van der Waals surface area contributed by atoms with Gasteiger partial charge in [0.15, 0.2) is 0 Å². The maximum Gasteiger partial charge on any atom is 0.0432 e. The Morgan fingerprint density at radius 3 is 2.93 bits per heavy atom. The minimum Gasteiger partial charge on any atom is -0.305 e. The van der Waals surface area contributed by atoms with E-state index < -0.39 is 0 Å². The fourth-order valence-corrected chi connectivity index (χ4v) is 1.75. The van der Waals surface area contributed by atoms with Gasteiger partial charge in [-0.3, -0.25) is 0 Å². The lowest BCUT2D eigenvalue weighted by molar-refractivity contribution is 0.614. The summed E-state index contributed by atoms with van der Waals surface area (Å²) in [6.45, 7) is 2.67. The molecule has 0 aliphatic carbocycles. The zero-order chi connectivity index (χ0) is 11.3. The van der Waals surface area contributed by atoms with Crippen LogP contribution in [0.15, 0.2) is 39.3 Å². The molecule has 0 saturated heterocycles. The van der Waals surface area contributed by atoms with Crippen molar-refractivity contribution < 1.29 is 0 Å². The van der Waals surface area contributed by atoms with Crippen LogP contribution >= 0.6 is 39.1 Å². The van der Waals surface area contributed by atoms with Crippen molar-refractivity contribution in [3.8, 4) is 0 Å². The van der Waals surface area contributed by atoms with E-state index in [2.05, 4.69) is 40.3 Å². The Morgan fingerprint density at radius 2 is 2.33 bits per heavy atom. The fourth-order valence-electron chi connectivity index (χ4n) is 1.18. The van der Waals surface area contributed by atoms with Crippen molar-refractivity contribution >= 4 is 39.1 Å². The molecule has 0 aliphatic heterocycles. The first-order valence-electron chi connectivity index (χ1n) is 4.57. The molecule has 1 aromatic carbocycles. The van der Waals surface area contributed by atoms with Crippen LogP contribution < -0.4 is 5.32 Å². The van der Waals surface area contributed by atoms with Gasteiger partial charge < -0.3 is 5.32 Å². The second-order valence-electron chi connectivity index (χ2n) is 3.21. The Bertz CT molecular complexity index is 352. The normalized spacial score (nSPS) is 14.0. The first kappa shape index (κ1) is 13.0. The highest BCUT2D eigenvalue weighted by Crippen LogP contribution is 2.18. The number of hydrogen-bond donors (Lipinski definition) is 1. The smallest absolute Gasteiger partial charge is 0.0432 e. The van der Waals surface area contributed by atoms with Gasteiger partial charge in [0.2, 0.25) is 0 Å². The molecular formula is C11H12BrCl2N. The third kappa shape index (κ3) is 4.56. The van der Waals surface area contributed by atoms with Gasteiger partial charge in [-0.1, -0.05) is 51.3 Å². The molecule has 0 unspecified atom stereocenters. The van der Waals surface area contributed by atoms with Gasteiger partial charge in [0.25, 0.3) is 0 Å². The van der Waals surface area contributed by atoms with E-state index in [-0.39, 0.29) is 6.04 Å². The highest BCUT2D eigenvalue weighted by Gasteiger charge is 2.04. The first-order chi connectivity index (χ1) is 7.13. The van der Waals surface area contributed by atoms with Crippen LogP contribution in [0, 0.1) is 0 Å². The van der Waals surface area contributed by atoms with E-state index in [0.717, 1.165) is 4.47 Å². The molecule has 0 heterocycles. The lowest BCUT2D eigenvalue weighted by atomic mass is 10.1. The largest absolute Gasteiger partial charge is 0.305 e. The van der Waals surface area contributed by atoms with Gasteiger partial charge in [-0.15, -0.1) is 0 Å². The first-order valence-corrected chi connectivity index (χ1v) is 6.18. The molecule has 0 radical (unpaired) electrons. The van der Waals surface area contributed by atoms with Crippen molar-refractivity contribution in [1.29, 1.82) is 0 Å². The zero-order valence-electron chi connectivity index (χ0n) is 8.31. The molecule has 1 aromatic rings. The van der Waals surface area contributed by atoms with Gasteiger partial charge in [0.1, 0.15) is 0 Å². The Morgan fingerprint density at radius 1 is 1.60 bits per heavy atom. The maximum atomic E-state index is 5.79. The van der Waals surface area contributed by atoms with Crippen molar-refractivity contribution in [1.82, 2.24) is 5.32 Å². The summed E-state index contributed by atoms with van der Waals surface area (Å²) in [5.74, 6) is 0. The second-order valence-corrected chi connectivity index (χ2v) is 4.83. The van der Waals surface area contributed by atoms with Crippen molar-refractivity contribution in [2.75, 3.05) is 6.54 Å². The molecule has 1 nitrogen and oxygen atoms in total. The van der Waals surface area contributed by atoms with Crippen molar-refractivity contribution in [3.63, 3.8) is 0 Å². The molecule has 0 aliphatic rings. The Balaban J connectivity index is 2.57. The molecule has 1 N–H and O–H groups in total. The van der Waals surface area contributed by atoms with Gasteiger partial charge in [-0.25, -0.2) is 0 Å². The summed E-state index contributed by atoms with van der Waals surface area (Å²) in [4.78, 5) is 0. The molecule has 0 bridgehead atoms. The molecule has 0 amide bonds. The van der Waals surface area contributed by atoms with E-state index in [1.165, 1.54) is 11.1 Å². The number of rotatable bonds is 4. The molecule has 82 valence electrons. The average molecular weight is 309 g/mol. The van der Waals surface area contributed by atoms with Crippen LogP contribution in [-0.2, 0) is 0 Å². The van der Waals surface area contributed by atoms with Crippen molar-refractivity contribution in [3.05, 3.63) is 44.9 Å². The lowest BCUT2D eigenvalue weighted by Gasteiger charge is -2.13. The summed E-state index contributed by atoms with van der Waals surface area (Å²) in [7, 11) is 0. The molecule has 0 saturated carbocycles.